The summed E-state index contributed by atoms with van der Waals surface area (Å²) in [5.41, 5.74) is 6.47. The maximum atomic E-state index is 13.1. The minimum Gasteiger partial charge on any atom is -0.481 e. The third-order valence-corrected chi connectivity index (χ3v) is 5.79. The van der Waals surface area contributed by atoms with Crippen LogP contribution in [-0.4, -0.2) is 75.5 Å². The molecule has 11 nitrogen and oxygen atoms in total. The van der Waals surface area contributed by atoms with Gasteiger partial charge in [0.05, 0.1) is 12.5 Å². The Morgan fingerprint density at radius 1 is 1.06 bits per heavy atom. The molecule has 0 bridgehead atoms. The molecule has 0 radical (unpaired) electrons. The van der Waals surface area contributed by atoms with Gasteiger partial charge in [0.15, 0.2) is 0 Å². The SMILES string of the molecule is CC(C)CC(NC(=O)C(Cc1ccccc1)NC(=O)C1CCCN1C(=O)C(N)CC(=O)O)C(=O)O. The van der Waals surface area contributed by atoms with Crippen LogP contribution in [0.2, 0.25) is 0 Å². The van der Waals surface area contributed by atoms with Crippen LogP contribution in [0.3, 0.4) is 0 Å². The molecule has 0 aromatic heterocycles. The molecule has 3 amide bonds. The molecule has 11 heteroatoms. The number of carbonyl (C=O) groups is 5. The highest BCUT2D eigenvalue weighted by atomic mass is 16.4. The highest BCUT2D eigenvalue weighted by Crippen LogP contribution is 2.19. The average Bonchev–Trinajstić information content (AvgIpc) is 3.27. The van der Waals surface area contributed by atoms with Gasteiger partial charge < -0.3 is 31.5 Å². The Balaban J connectivity index is 2.19. The van der Waals surface area contributed by atoms with E-state index in [0.29, 0.717) is 12.8 Å². The van der Waals surface area contributed by atoms with Crippen molar-refractivity contribution in [3.8, 4) is 0 Å². The number of benzene rings is 1. The molecule has 4 atom stereocenters. The van der Waals surface area contributed by atoms with Crippen molar-refractivity contribution >= 4 is 29.7 Å². The van der Waals surface area contributed by atoms with Crippen molar-refractivity contribution in [3.05, 3.63) is 35.9 Å². The number of amides is 3. The monoisotopic (exact) mass is 490 g/mol. The van der Waals surface area contributed by atoms with Gasteiger partial charge in [-0.05, 0) is 30.7 Å². The normalized spacial score (nSPS) is 17.9. The van der Waals surface area contributed by atoms with Crippen molar-refractivity contribution in [2.75, 3.05) is 6.54 Å². The Morgan fingerprint density at radius 2 is 1.71 bits per heavy atom. The molecule has 1 heterocycles. The maximum absolute atomic E-state index is 13.1. The lowest BCUT2D eigenvalue weighted by Gasteiger charge is -2.28. The van der Waals surface area contributed by atoms with Gasteiger partial charge in [0, 0.05) is 13.0 Å². The van der Waals surface area contributed by atoms with Crippen LogP contribution >= 0.6 is 0 Å². The summed E-state index contributed by atoms with van der Waals surface area (Å²) < 4.78 is 0. The molecule has 1 fully saturated rings. The first-order valence-electron chi connectivity index (χ1n) is 11.6. The summed E-state index contributed by atoms with van der Waals surface area (Å²) in [7, 11) is 0. The number of carbonyl (C=O) groups excluding carboxylic acids is 3. The average molecular weight is 491 g/mol. The molecule has 1 aliphatic rings. The smallest absolute Gasteiger partial charge is 0.326 e. The van der Waals surface area contributed by atoms with E-state index >= 15 is 0 Å². The molecular weight excluding hydrogens is 456 g/mol. The summed E-state index contributed by atoms with van der Waals surface area (Å²) in [6, 6.07) is 4.56. The molecule has 35 heavy (non-hydrogen) atoms. The number of nitrogens with zero attached hydrogens (tertiary/aromatic N) is 1. The minimum absolute atomic E-state index is 0.0200. The van der Waals surface area contributed by atoms with Crippen LogP contribution in [0.4, 0.5) is 0 Å². The number of hydrogen-bond donors (Lipinski definition) is 5. The van der Waals surface area contributed by atoms with Gasteiger partial charge in [0.2, 0.25) is 17.7 Å². The van der Waals surface area contributed by atoms with Crippen LogP contribution in [0.1, 0.15) is 45.1 Å². The van der Waals surface area contributed by atoms with Crippen LogP contribution < -0.4 is 16.4 Å². The van der Waals surface area contributed by atoms with Crippen molar-refractivity contribution in [3.63, 3.8) is 0 Å². The molecule has 1 aromatic carbocycles. The zero-order chi connectivity index (χ0) is 26.1. The second-order valence-corrected chi connectivity index (χ2v) is 9.17. The van der Waals surface area contributed by atoms with E-state index in [1.807, 2.05) is 19.9 Å². The van der Waals surface area contributed by atoms with Gasteiger partial charge in [-0.1, -0.05) is 44.2 Å². The molecule has 1 saturated heterocycles. The molecule has 192 valence electrons. The first-order valence-corrected chi connectivity index (χ1v) is 11.6. The standard InChI is InChI=1S/C24H34N4O7/c1-14(2)11-18(24(34)35)27-21(31)17(12-15-7-4-3-5-8-15)26-22(32)19-9-6-10-28(19)23(33)16(25)13-20(29)30/h3-5,7-8,14,16-19H,6,9-13,25H2,1-2H3,(H,26,32)(H,27,31)(H,29,30)(H,34,35). The van der Waals surface area contributed by atoms with Crippen LogP contribution in [-0.2, 0) is 30.4 Å². The largest absolute Gasteiger partial charge is 0.481 e. The first kappa shape index (κ1) is 27.8. The Bertz CT molecular complexity index is 922. The summed E-state index contributed by atoms with van der Waals surface area (Å²) >= 11 is 0. The first-order chi connectivity index (χ1) is 16.5. The summed E-state index contributed by atoms with van der Waals surface area (Å²) in [6.45, 7) is 3.92. The lowest BCUT2D eigenvalue weighted by atomic mass is 10.0. The van der Waals surface area contributed by atoms with E-state index in [1.54, 1.807) is 24.3 Å². The lowest BCUT2D eigenvalue weighted by molar-refractivity contribution is -0.144. The van der Waals surface area contributed by atoms with Crippen molar-refractivity contribution in [1.29, 1.82) is 0 Å². The number of carboxylic acid groups (broad SMARTS) is 2. The third kappa shape index (κ3) is 8.36. The number of nitrogens with two attached hydrogens (primary N) is 1. The van der Waals surface area contributed by atoms with E-state index in [9.17, 15) is 29.1 Å². The summed E-state index contributed by atoms with van der Waals surface area (Å²) in [6.07, 6.45) is 0.636. The van der Waals surface area contributed by atoms with E-state index in [0.717, 1.165) is 5.56 Å². The molecule has 1 aliphatic heterocycles. The van der Waals surface area contributed by atoms with E-state index in [-0.39, 0.29) is 25.3 Å². The van der Waals surface area contributed by atoms with E-state index in [4.69, 9.17) is 10.8 Å². The molecule has 4 unspecified atom stereocenters. The maximum Gasteiger partial charge on any atom is 0.326 e. The molecule has 2 rings (SSSR count). The molecule has 0 aliphatic carbocycles. The Hall–Kier alpha value is -3.47. The molecule has 1 aromatic rings. The number of nitrogens with one attached hydrogen (secondary N) is 2. The fraction of sp³-hybridized carbons (Fsp3) is 0.542. The van der Waals surface area contributed by atoms with Crippen molar-refractivity contribution in [2.45, 2.75) is 70.1 Å². The number of likely N-dealkylation sites (tertiary alicyclic amines) is 1. The quantitative estimate of drug-likeness (QED) is 0.274. The predicted octanol–water partition coefficient (Wildman–Crippen LogP) is 0.122. The number of aliphatic carboxylic acids is 2. The molecular formula is C24H34N4O7. The second kappa shape index (κ2) is 12.8. The number of hydrogen-bond acceptors (Lipinski definition) is 6. The highest BCUT2D eigenvalue weighted by Gasteiger charge is 2.38. The predicted molar refractivity (Wildman–Crippen MR) is 126 cm³/mol. The fourth-order valence-electron chi connectivity index (χ4n) is 4.08. The van der Waals surface area contributed by atoms with Crippen LogP contribution in [0.15, 0.2) is 30.3 Å². The van der Waals surface area contributed by atoms with Crippen molar-refractivity contribution in [1.82, 2.24) is 15.5 Å². The van der Waals surface area contributed by atoms with Crippen LogP contribution in [0, 0.1) is 5.92 Å². The van der Waals surface area contributed by atoms with E-state index in [1.165, 1.54) is 4.90 Å². The Labute approximate surface area is 204 Å². The topological polar surface area (TPSA) is 179 Å². The summed E-state index contributed by atoms with van der Waals surface area (Å²) in [5.74, 6) is -4.24. The van der Waals surface area contributed by atoms with Gasteiger partial charge >= 0.3 is 11.9 Å². The van der Waals surface area contributed by atoms with Gasteiger partial charge in [-0.3, -0.25) is 19.2 Å². The summed E-state index contributed by atoms with van der Waals surface area (Å²) in [4.78, 5) is 62.7. The van der Waals surface area contributed by atoms with Gasteiger partial charge in [-0.2, -0.15) is 0 Å². The highest BCUT2D eigenvalue weighted by molar-refractivity contribution is 5.95. The third-order valence-electron chi connectivity index (χ3n) is 5.79. The molecule has 0 spiro atoms. The van der Waals surface area contributed by atoms with Gasteiger partial charge in [0.1, 0.15) is 18.1 Å². The molecule has 6 N–H and O–H groups in total. The van der Waals surface area contributed by atoms with E-state index in [2.05, 4.69) is 10.6 Å². The number of carboxylic acids is 2. The minimum atomic E-state index is -1.28. The van der Waals surface area contributed by atoms with Crippen molar-refractivity contribution in [2.24, 2.45) is 11.7 Å². The second-order valence-electron chi connectivity index (χ2n) is 9.17. The van der Waals surface area contributed by atoms with Crippen LogP contribution in [0.25, 0.3) is 0 Å². The van der Waals surface area contributed by atoms with Gasteiger partial charge in [0.25, 0.3) is 0 Å². The lowest BCUT2D eigenvalue weighted by Crippen LogP contribution is -2.57. The van der Waals surface area contributed by atoms with Crippen molar-refractivity contribution < 1.29 is 34.2 Å². The van der Waals surface area contributed by atoms with Gasteiger partial charge in [-0.25, -0.2) is 4.79 Å². The van der Waals surface area contributed by atoms with Gasteiger partial charge in [-0.15, -0.1) is 0 Å². The Kier molecular flexibility index (Phi) is 10.2. The van der Waals surface area contributed by atoms with Crippen LogP contribution in [0.5, 0.6) is 0 Å². The zero-order valence-electron chi connectivity index (χ0n) is 20.0. The fourth-order valence-corrected chi connectivity index (χ4v) is 4.08. The summed E-state index contributed by atoms with van der Waals surface area (Å²) in [5, 5.41) is 23.6. The molecule has 0 saturated carbocycles. The van der Waals surface area contributed by atoms with E-state index < -0.39 is 60.2 Å². The zero-order valence-corrected chi connectivity index (χ0v) is 20.0. The Morgan fingerprint density at radius 3 is 2.29 bits per heavy atom. The number of rotatable bonds is 12.